The Morgan fingerprint density at radius 2 is 0.723 bits per heavy atom. The maximum Gasteiger partial charge on any atom is 0.131 e. The molecule has 0 amide bonds. The fourth-order valence-electron chi connectivity index (χ4n) is 6.68. The molecule has 0 saturated heterocycles. The summed E-state index contributed by atoms with van der Waals surface area (Å²) in [6.07, 6.45) is 1.08. The molecular weight excluding hydrogens is 614 g/mol. The first-order chi connectivity index (χ1) is 23.3. The van der Waals surface area contributed by atoms with Crippen molar-refractivity contribution >= 4 is 47.7 Å². The summed E-state index contributed by atoms with van der Waals surface area (Å²) in [4.78, 5) is 0. The first kappa shape index (κ1) is 30.1. The summed E-state index contributed by atoms with van der Waals surface area (Å²) in [5.41, 5.74) is 2.35. The van der Waals surface area contributed by atoms with Crippen LogP contribution in [0.1, 0.15) is 11.1 Å². The maximum atomic E-state index is 7.16. The highest BCUT2D eigenvalue weighted by Gasteiger charge is 2.32. The Labute approximate surface area is 279 Å². The summed E-state index contributed by atoms with van der Waals surface area (Å²) in [5, 5.41) is 7.72. The molecule has 0 fully saturated rings. The third-order valence-electron chi connectivity index (χ3n) is 8.76. The first-order valence-corrected chi connectivity index (χ1v) is 19.0. The molecule has 2 aliphatic rings. The fourth-order valence-corrected chi connectivity index (χ4v) is 11.5. The van der Waals surface area contributed by atoms with E-state index in [1.165, 1.54) is 43.0 Å². The highest BCUT2D eigenvalue weighted by atomic mass is 31.1. The van der Waals surface area contributed by atoms with Crippen LogP contribution < -0.4 is 41.3 Å². The molecule has 0 saturated carbocycles. The molecule has 2 aliphatic heterocycles. The molecule has 2 heterocycles. The van der Waals surface area contributed by atoms with E-state index >= 15 is 0 Å². The van der Waals surface area contributed by atoms with E-state index in [-0.39, 0.29) is 12.2 Å². The van der Waals surface area contributed by atoms with Gasteiger partial charge in [-0.25, -0.2) is 0 Å². The van der Waals surface area contributed by atoms with E-state index in [1.54, 1.807) is 0 Å². The predicted octanol–water partition coefficient (Wildman–Crippen LogP) is 6.53. The molecule has 0 radical (unpaired) electrons. The molecule has 0 unspecified atom stereocenters. The van der Waals surface area contributed by atoms with Crippen LogP contribution in [0.3, 0.4) is 0 Å². The largest absolute Gasteiger partial charge is 0.487 e. The van der Waals surface area contributed by atoms with Crippen LogP contribution in [-0.4, -0.2) is 25.4 Å². The minimum absolute atomic E-state index is 0.160. The fraction of sp³-hybridized carbons (Fsp3) is 0.143. The van der Waals surface area contributed by atoms with Crippen molar-refractivity contribution in [1.82, 2.24) is 0 Å². The SMILES string of the molecule is c1ccc(P(c2ccccc2)c2cccc3c2O[C@@H]2COC[C@H](C3)Oc3c(cccc3P(c3ccccc3)c3ccccc3)C2)cc1. The average Bonchev–Trinajstić information content (AvgIpc) is 3.27. The minimum Gasteiger partial charge on any atom is -0.487 e. The van der Waals surface area contributed by atoms with Crippen LogP contribution in [-0.2, 0) is 17.6 Å². The molecule has 6 aromatic carbocycles. The first-order valence-electron chi connectivity index (χ1n) is 16.3. The summed E-state index contributed by atoms with van der Waals surface area (Å²) in [6, 6.07) is 56.8. The number of para-hydroxylation sites is 2. The topological polar surface area (TPSA) is 27.7 Å². The lowest BCUT2D eigenvalue weighted by molar-refractivity contribution is 0.0210. The van der Waals surface area contributed by atoms with Crippen LogP contribution in [0.25, 0.3) is 0 Å². The van der Waals surface area contributed by atoms with Crippen LogP contribution in [0.4, 0.5) is 0 Å². The summed E-state index contributed by atoms with van der Waals surface area (Å²) < 4.78 is 20.7. The molecule has 8 rings (SSSR count). The monoisotopic (exact) mass is 650 g/mol. The second-order valence-corrected chi connectivity index (χ2v) is 16.3. The van der Waals surface area contributed by atoms with Gasteiger partial charge in [-0.3, -0.25) is 0 Å². The van der Waals surface area contributed by atoms with E-state index in [0.717, 1.165) is 11.5 Å². The number of hydrogen-bond acceptors (Lipinski definition) is 3. The molecular formula is C42H36O3P2. The van der Waals surface area contributed by atoms with Gasteiger partial charge in [0, 0.05) is 23.5 Å². The Morgan fingerprint density at radius 3 is 1.06 bits per heavy atom. The Hall–Kier alpha value is -4.26. The second-order valence-electron chi connectivity index (χ2n) is 12.0. The third-order valence-corrected chi connectivity index (χ3v) is 13.7. The van der Waals surface area contributed by atoms with Gasteiger partial charge in [-0.1, -0.05) is 158 Å². The second kappa shape index (κ2) is 13.8. The third kappa shape index (κ3) is 6.37. The van der Waals surface area contributed by atoms with Gasteiger partial charge in [0.1, 0.15) is 23.7 Å². The van der Waals surface area contributed by atoms with Crippen molar-refractivity contribution < 1.29 is 14.2 Å². The van der Waals surface area contributed by atoms with E-state index < -0.39 is 15.8 Å². The van der Waals surface area contributed by atoms with Crippen molar-refractivity contribution in [3.05, 3.63) is 169 Å². The van der Waals surface area contributed by atoms with E-state index in [1.807, 2.05) is 0 Å². The average molecular weight is 651 g/mol. The smallest absolute Gasteiger partial charge is 0.131 e. The van der Waals surface area contributed by atoms with Gasteiger partial charge < -0.3 is 14.2 Å². The maximum absolute atomic E-state index is 7.16. The molecule has 0 spiro atoms. The summed E-state index contributed by atoms with van der Waals surface area (Å²) >= 11 is 0. The van der Waals surface area contributed by atoms with Crippen molar-refractivity contribution in [3.63, 3.8) is 0 Å². The van der Waals surface area contributed by atoms with Gasteiger partial charge in [-0.2, -0.15) is 0 Å². The van der Waals surface area contributed by atoms with Crippen LogP contribution in [0.5, 0.6) is 11.5 Å². The van der Waals surface area contributed by atoms with Gasteiger partial charge in [-0.15, -0.1) is 0 Å². The number of rotatable bonds is 6. The van der Waals surface area contributed by atoms with Gasteiger partial charge in [0.2, 0.25) is 0 Å². The molecule has 5 heteroatoms. The Kier molecular flexibility index (Phi) is 8.87. The zero-order valence-corrected chi connectivity index (χ0v) is 27.9. The van der Waals surface area contributed by atoms with Crippen LogP contribution in [0.15, 0.2) is 158 Å². The molecule has 6 aromatic rings. The summed E-state index contributed by atoms with van der Waals surface area (Å²) in [7, 11) is -1.67. The molecule has 0 aromatic heterocycles. The van der Waals surface area contributed by atoms with Crippen molar-refractivity contribution in [1.29, 1.82) is 0 Å². The lowest BCUT2D eigenvalue weighted by Crippen LogP contribution is -2.31. The zero-order chi connectivity index (χ0) is 31.4. The summed E-state index contributed by atoms with van der Waals surface area (Å²) in [5.74, 6) is 1.98. The highest BCUT2D eigenvalue weighted by Crippen LogP contribution is 2.42. The van der Waals surface area contributed by atoms with Crippen LogP contribution in [0, 0.1) is 0 Å². The van der Waals surface area contributed by atoms with Gasteiger partial charge in [-0.05, 0) is 48.2 Å². The quantitative estimate of drug-likeness (QED) is 0.192. The number of hydrogen-bond donors (Lipinski definition) is 0. The molecule has 47 heavy (non-hydrogen) atoms. The van der Waals surface area contributed by atoms with Crippen molar-refractivity contribution in [2.24, 2.45) is 0 Å². The van der Waals surface area contributed by atoms with Crippen molar-refractivity contribution in [3.8, 4) is 11.5 Å². The van der Waals surface area contributed by atoms with Crippen molar-refractivity contribution in [2.75, 3.05) is 13.2 Å². The minimum atomic E-state index is -0.836. The molecule has 3 nitrogen and oxygen atoms in total. The molecule has 0 N–H and O–H groups in total. The normalized spacial score (nSPS) is 17.2. The summed E-state index contributed by atoms with van der Waals surface area (Å²) in [6.45, 7) is 1.02. The Bertz CT molecular complexity index is 1710. The Balaban J connectivity index is 1.24. The Morgan fingerprint density at radius 1 is 0.383 bits per heavy atom. The number of benzene rings is 6. The molecule has 2 atom stereocenters. The molecule has 0 aliphatic carbocycles. The van der Waals surface area contributed by atoms with Crippen LogP contribution in [0.2, 0.25) is 0 Å². The lowest BCUT2D eigenvalue weighted by atomic mass is 10.0. The molecule has 2 bridgehead atoms. The highest BCUT2D eigenvalue weighted by molar-refractivity contribution is 7.80. The standard InChI is InChI=1S/C42H36O3P2/c1-5-17-35(18-6-1)46(36-19-7-2-8-20-36)39-25-13-15-31-27-34-30-43-29-33(44-41(31)39)28-32-16-14-26-40(42(32)45-34)47(37-21-9-3-10-22-37)38-23-11-4-12-24-38/h1-26,33-34H,27-30H2/t33-,34-/m0/s1. The van der Waals surface area contributed by atoms with Crippen LogP contribution >= 0.6 is 15.8 Å². The van der Waals surface area contributed by atoms with Gasteiger partial charge in [0.25, 0.3) is 0 Å². The van der Waals surface area contributed by atoms with E-state index in [0.29, 0.717) is 26.1 Å². The lowest BCUT2D eigenvalue weighted by Gasteiger charge is -2.30. The van der Waals surface area contributed by atoms with Gasteiger partial charge >= 0.3 is 0 Å². The number of ether oxygens (including phenoxy) is 3. The van der Waals surface area contributed by atoms with Gasteiger partial charge in [0.05, 0.1) is 13.2 Å². The van der Waals surface area contributed by atoms with E-state index in [2.05, 4.69) is 158 Å². The zero-order valence-electron chi connectivity index (χ0n) is 26.1. The van der Waals surface area contributed by atoms with E-state index in [9.17, 15) is 0 Å². The predicted molar refractivity (Wildman–Crippen MR) is 197 cm³/mol. The van der Waals surface area contributed by atoms with Crippen molar-refractivity contribution in [2.45, 2.75) is 25.0 Å². The van der Waals surface area contributed by atoms with E-state index in [4.69, 9.17) is 14.2 Å². The number of fused-ring (bicyclic) bond motifs is 6. The molecule has 232 valence electrons. The van der Waals surface area contributed by atoms with Gasteiger partial charge in [0.15, 0.2) is 0 Å².